The standard InChI is InChI=1S/C14H20FNO/c1-8(2)12(16)7-13(17)14-10(4)5-9(3)6-11(14)15/h5-6,8,12H,7,16H2,1-4H3. The van der Waals surface area contributed by atoms with Crippen molar-refractivity contribution in [2.24, 2.45) is 11.7 Å². The maximum Gasteiger partial charge on any atom is 0.167 e. The summed E-state index contributed by atoms with van der Waals surface area (Å²) in [5.41, 5.74) is 7.54. The van der Waals surface area contributed by atoms with E-state index < -0.39 is 5.82 Å². The fraction of sp³-hybridized carbons (Fsp3) is 0.500. The molecular formula is C14H20FNO. The van der Waals surface area contributed by atoms with E-state index in [1.54, 1.807) is 6.92 Å². The third-order valence-electron chi connectivity index (χ3n) is 2.99. The molecule has 0 saturated heterocycles. The van der Waals surface area contributed by atoms with Gasteiger partial charge in [-0.2, -0.15) is 0 Å². The predicted molar refractivity (Wildman–Crippen MR) is 67.6 cm³/mol. The molecule has 0 fully saturated rings. The van der Waals surface area contributed by atoms with Crippen LogP contribution >= 0.6 is 0 Å². The fourth-order valence-corrected chi connectivity index (χ4v) is 1.82. The zero-order valence-corrected chi connectivity index (χ0v) is 10.9. The second-order valence-corrected chi connectivity index (χ2v) is 4.97. The van der Waals surface area contributed by atoms with E-state index in [-0.39, 0.29) is 29.7 Å². The lowest BCUT2D eigenvalue weighted by Gasteiger charge is -2.15. The minimum absolute atomic E-state index is 0.187. The van der Waals surface area contributed by atoms with Crippen molar-refractivity contribution in [2.45, 2.75) is 40.2 Å². The Balaban J connectivity index is 2.97. The van der Waals surface area contributed by atoms with Gasteiger partial charge in [0, 0.05) is 12.5 Å². The van der Waals surface area contributed by atoms with Crippen LogP contribution in [0.1, 0.15) is 41.8 Å². The smallest absolute Gasteiger partial charge is 0.167 e. The normalized spacial score (nSPS) is 12.9. The van der Waals surface area contributed by atoms with Crippen LogP contribution < -0.4 is 5.73 Å². The number of Topliss-reactive ketones (excluding diaryl/α,β-unsaturated/α-hetero) is 1. The lowest BCUT2D eigenvalue weighted by molar-refractivity contribution is 0.0963. The SMILES string of the molecule is Cc1cc(C)c(C(=O)CC(N)C(C)C)c(F)c1. The van der Waals surface area contributed by atoms with Crippen LogP contribution in [0.3, 0.4) is 0 Å². The number of ketones is 1. The summed E-state index contributed by atoms with van der Waals surface area (Å²) in [5.74, 6) is -0.433. The van der Waals surface area contributed by atoms with E-state index >= 15 is 0 Å². The Morgan fingerprint density at radius 3 is 2.41 bits per heavy atom. The molecule has 0 saturated carbocycles. The van der Waals surface area contributed by atoms with Gasteiger partial charge in [0.1, 0.15) is 5.82 Å². The molecule has 94 valence electrons. The molecule has 1 rings (SSSR count). The summed E-state index contributed by atoms with van der Waals surface area (Å²) in [6.07, 6.45) is 0.193. The topological polar surface area (TPSA) is 43.1 Å². The number of hydrogen-bond acceptors (Lipinski definition) is 2. The second-order valence-electron chi connectivity index (χ2n) is 4.97. The molecular weight excluding hydrogens is 217 g/mol. The average molecular weight is 237 g/mol. The van der Waals surface area contributed by atoms with E-state index in [0.29, 0.717) is 5.56 Å². The van der Waals surface area contributed by atoms with Crippen LogP contribution in [-0.2, 0) is 0 Å². The van der Waals surface area contributed by atoms with Crippen LogP contribution in [0.15, 0.2) is 12.1 Å². The van der Waals surface area contributed by atoms with Crippen molar-refractivity contribution in [3.8, 4) is 0 Å². The molecule has 1 aromatic rings. The molecule has 0 aliphatic rings. The van der Waals surface area contributed by atoms with Gasteiger partial charge in [-0.15, -0.1) is 0 Å². The molecule has 3 heteroatoms. The second kappa shape index (κ2) is 5.41. The van der Waals surface area contributed by atoms with Crippen molar-refractivity contribution in [3.05, 3.63) is 34.6 Å². The van der Waals surface area contributed by atoms with Crippen LogP contribution in [0.2, 0.25) is 0 Å². The van der Waals surface area contributed by atoms with E-state index in [1.807, 2.05) is 26.8 Å². The maximum atomic E-state index is 13.8. The number of aryl methyl sites for hydroxylation is 2. The molecule has 1 atom stereocenters. The number of halogens is 1. The van der Waals surface area contributed by atoms with Crippen molar-refractivity contribution in [1.82, 2.24) is 0 Å². The number of nitrogens with two attached hydrogens (primary N) is 1. The van der Waals surface area contributed by atoms with Crippen molar-refractivity contribution in [3.63, 3.8) is 0 Å². The zero-order valence-electron chi connectivity index (χ0n) is 10.9. The molecule has 0 amide bonds. The van der Waals surface area contributed by atoms with Gasteiger partial charge in [0.15, 0.2) is 5.78 Å². The third-order valence-corrected chi connectivity index (χ3v) is 2.99. The lowest BCUT2D eigenvalue weighted by Crippen LogP contribution is -2.29. The van der Waals surface area contributed by atoms with Gasteiger partial charge in [-0.3, -0.25) is 4.79 Å². The van der Waals surface area contributed by atoms with Gasteiger partial charge in [0.2, 0.25) is 0 Å². The Morgan fingerprint density at radius 1 is 1.35 bits per heavy atom. The summed E-state index contributed by atoms with van der Waals surface area (Å²) in [6.45, 7) is 7.47. The van der Waals surface area contributed by atoms with Crippen molar-refractivity contribution < 1.29 is 9.18 Å². The minimum atomic E-state index is -0.441. The maximum absolute atomic E-state index is 13.8. The summed E-state index contributed by atoms with van der Waals surface area (Å²) in [4.78, 5) is 12.0. The number of carbonyl (C=O) groups excluding carboxylic acids is 1. The van der Waals surface area contributed by atoms with Gasteiger partial charge in [-0.25, -0.2) is 4.39 Å². The zero-order chi connectivity index (χ0) is 13.2. The van der Waals surface area contributed by atoms with E-state index in [4.69, 9.17) is 5.73 Å². The Bertz CT molecular complexity index is 403. The summed E-state index contributed by atoms with van der Waals surface area (Å²) in [6, 6.07) is 2.99. The molecule has 0 aromatic heterocycles. The molecule has 0 aliphatic carbocycles. The Labute approximate surface area is 102 Å². The molecule has 2 N–H and O–H groups in total. The Morgan fingerprint density at radius 2 is 1.94 bits per heavy atom. The highest BCUT2D eigenvalue weighted by atomic mass is 19.1. The van der Waals surface area contributed by atoms with Gasteiger partial charge >= 0.3 is 0 Å². The first-order valence-electron chi connectivity index (χ1n) is 5.88. The molecule has 1 aromatic carbocycles. The van der Waals surface area contributed by atoms with Gasteiger partial charge in [0.25, 0.3) is 0 Å². The molecule has 17 heavy (non-hydrogen) atoms. The van der Waals surface area contributed by atoms with Gasteiger partial charge in [-0.1, -0.05) is 19.9 Å². The Kier molecular flexibility index (Phi) is 4.40. The van der Waals surface area contributed by atoms with E-state index in [0.717, 1.165) is 5.56 Å². The highest BCUT2D eigenvalue weighted by molar-refractivity contribution is 5.98. The van der Waals surface area contributed by atoms with Crippen LogP contribution in [-0.4, -0.2) is 11.8 Å². The average Bonchev–Trinajstić information content (AvgIpc) is 2.15. The summed E-state index contributed by atoms with van der Waals surface area (Å²) in [7, 11) is 0. The summed E-state index contributed by atoms with van der Waals surface area (Å²) in [5, 5.41) is 0. The fourth-order valence-electron chi connectivity index (χ4n) is 1.82. The van der Waals surface area contributed by atoms with Crippen molar-refractivity contribution >= 4 is 5.78 Å². The molecule has 2 nitrogen and oxygen atoms in total. The monoisotopic (exact) mass is 237 g/mol. The lowest BCUT2D eigenvalue weighted by atomic mass is 9.93. The first-order valence-corrected chi connectivity index (χ1v) is 5.88. The molecule has 0 spiro atoms. The van der Waals surface area contributed by atoms with Crippen LogP contribution in [0, 0.1) is 25.6 Å². The molecule has 0 aliphatic heterocycles. The van der Waals surface area contributed by atoms with Crippen LogP contribution in [0.25, 0.3) is 0 Å². The quantitative estimate of drug-likeness (QED) is 0.818. The molecule has 0 bridgehead atoms. The first kappa shape index (κ1) is 13.8. The largest absolute Gasteiger partial charge is 0.327 e. The predicted octanol–water partition coefficient (Wildman–Crippen LogP) is 3.00. The molecule has 0 radical (unpaired) electrons. The van der Waals surface area contributed by atoms with Crippen LogP contribution in [0.5, 0.6) is 0 Å². The third kappa shape index (κ3) is 3.37. The first-order chi connectivity index (χ1) is 7.82. The van der Waals surface area contributed by atoms with E-state index in [9.17, 15) is 9.18 Å². The van der Waals surface area contributed by atoms with Gasteiger partial charge < -0.3 is 5.73 Å². The molecule has 1 unspecified atom stereocenters. The Hall–Kier alpha value is -1.22. The summed E-state index contributed by atoms with van der Waals surface area (Å²) < 4.78 is 13.8. The van der Waals surface area contributed by atoms with E-state index in [2.05, 4.69) is 0 Å². The van der Waals surface area contributed by atoms with E-state index in [1.165, 1.54) is 6.07 Å². The van der Waals surface area contributed by atoms with Crippen LogP contribution in [0.4, 0.5) is 4.39 Å². The molecule has 0 heterocycles. The number of rotatable bonds is 4. The minimum Gasteiger partial charge on any atom is -0.327 e. The van der Waals surface area contributed by atoms with Gasteiger partial charge in [0.05, 0.1) is 5.56 Å². The number of hydrogen-bond donors (Lipinski definition) is 1. The highest BCUT2D eigenvalue weighted by Crippen LogP contribution is 2.19. The summed E-state index contributed by atoms with van der Waals surface area (Å²) >= 11 is 0. The van der Waals surface area contributed by atoms with Crippen molar-refractivity contribution in [1.29, 1.82) is 0 Å². The van der Waals surface area contributed by atoms with Crippen molar-refractivity contribution in [2.75, 3.05) is 0 Å². The number of benzene rings is 1. The van der Waals surface area contributed by atoms with Gasteiger partial charge in [-0.05, 0) is 37.0 Å². The number of carbonyl (C=O) groups is 1. The highest BCUT2D eigenvalue weighted by Gasteiger charge is 2.19.